The Labute approximate surface area is 44.0 Å². The lowest BCUT2D eigenvalue weighted by atomic mass is 10.6. The second kappa shape index (κ2) is 2.24. The van der Waals surface area contributed by atoms with Crippen molar-refractivity contribution in [3.8, 4) is 0 Å². The predicted octanol–water partition coefficient (Wildman–Crippen LogP) is -1.84. The van der Waals surface area contributed by atoms with Crippen LogP contribution in [0.3, 0.4) is 0 Å². The number of carbonyl (C=O) groups is 2. The van der Waals surface area contributed by atoms with Crippen LogP contribution in [-0.4, -0.2) is 27.4 Å². The summed E-state index contributed by atoms with van der Waals surface area (Å²) in [4.78, 5) is 19.3. The Kier molecular flexibility index (Phi) is 1.92. The molecule has 0 radical (unpaired) electrons. The maximum absolute atomic E-state index is 9.79. The third-order valence-electron chi connectivity index (χ3n) is 0.391. The Hall–Kier alpha value is -1.14. The van der Waals surface area contributed by atoms with Crippen molar-refractivity contribution >= 4 is 11.9 Å². The molecule has 8 heavy (non-hydrogen) atoms. The number of nitrogens with zero attached hydrogens (tertiary/aromatic N) is 1. The van der Waals surface area contributed by atoms with Gasteiger partial charge in [0.05, 0.1) is 0 Å². The van der Waals surface area contributed by atoms with Crippen molar-refractivity contribution in [2.45, 2.75) is 0 Å². The molecule has 0 aromatic rings. The molecule has 6 nitrogen and oxygen atoms in total. The minimum absolute atomic E-state index is 0.498. The quantitative estimate of drug-likeness (QED) is 0.114. The lowest BCUT2D eigenvalue weighted by Crippen LogP contribution is -2.38. The van der Waals surface area contributed by atoms with Crippen LogP contribution in [0.5, 0.6) is 0 Å². The minimum Gasteiger partial charge on any atom is -0.474 e. The fraction of sp³-hybridized carbons (Fsp3) is 0. The number of hydroxylamine groups is 1. The zero-order valence-electron chi connectivity index (χ0n) is 3.74. The lowest BCUT2D eigenvalue weighted by Gasteiger charge is -2.00. The molecule has 0 aliphatic carbocycles. The summed E-state index contributed by atoms with van der Waals surface area (Å²) >= 11 is 0. The van der Waals surface area contributed by atoms with E-state index in [1.165, 1.54) is 0 Å². The molecule has 0 spiro atoms. The number of hydrogen-bond acceptors (Lipinski definition) is 4. The van der Waals surface area contributed by atoms with Crippen LogP contribution in [0.25, 0.3) is 0 Å². The molecule has 0 bridgehead atoms. The molecule has 0 aliphatic rings. The van der Waals surface area contributed by atoms with E-state index in [-0.39, 0.29) is 0 Å². The van der Waals surface area contributed by atoms with E-state index in [0.717, 1.165) is 0 Å². The van der Waals surface area contributed by atoms with Gasteiger partial charge in [-0.05, 0) is 0 Å². The van der Waals surface area contributed by atoms with E-state index in [0.29, 0.717) is 0 Å². The van der Waals surface area contributed by atoms with Crippen LogP contribution in [0.2, 0.25) is 0 Å². The molecule has 0 saturated carbocycles. The van der Waals surface area contributed by atoms with E-state index < -0.39 is 17.0 Å². The zero-order chi connectivity index (χ0) is 6.73. The molecule has 0 aromatic carbocycles. The van der Waals surface area contributed by atoms with Crippen LogP contribution in [-0.2, 0) is 9.59 Å². The number of nitrogens with two attached hydrogens (primary N) is 1. The molecule has 0 aromatic heterocycles. The standard InChI is InChI=1S/C2H4N2O4/c3-4(8)1(5)2(6)7/h8H,3H2,(H,6,7). The summed E-state index contributed by atoms with van der Waals surface area (Å²) in [6.45, 7) is 0. The van der Waals surface area contributed by atoms with Crippen LogP contribution in [0.1, 0.15) is 0 Å². The van der Waals surface area contributed by atoms with Crippen LogP contribution >= 0.6 is 0 Å². The van der Waals surface area contributed by atoms with Gasteiger partial charge in [0.15, 0.2) is 0 Å². The molecule has 0 rings (SSSR count). The lowest BCUT2D eigenvalue weighted by molar-refractivity contribution is -0.178. The van der Waals surface area contributed by atoms with E-state index in [2.05, 4.69) is 5.84 Å². The highest BCUT2D eigenvalue weighted by Crippen LogP contribution is 1.70. The molecule has 46 valence electrons. The Morgan fingerprint density at radius 3 is 1.88 bits per heavy atom. The normalized spacial score (nSPS) is 8.25. The van der Waals surface area contributed by atoms with E-state index >= 15 is 0 Å². The number of amides is 1. The second-order valence-electron chi connectivity index (χ2n) is 0.955. The van der Waals surface area contributed by atoms with Crippen molar-refractivity contribution in [1.29, 1.82) is 0 Å². The third-order valence-corrected chi connectivity index (χ3v) is 0.391. The topological polar surface area (TPSA) is 104 Å². The maximum atomic E-state index is 9.79. The summed E-state index contributed by atoms with van der Waals surface area (Å²) in [6.07, 6.45) is 0. The molecular weight excluding hydrogens is 116 g/mol. The number of aliphatic carboxylic acids is 1. The van der Waals surface area contributed by atoms with Gasteiger partial charge >= 0.3 is 11.9 Å². The SMILES string of the molecule is NN(O)C(=O)C(=O)O. The molecule has 0 aliphatic heterocycles. The van der Waals surface area contributed by atoms with Crippen molar-refractivity contribution in [2.75, 3.05) is 0 Å². The summed E-state index contributed by atoms with van der Waals surface area (Å²) in [7, 11) is 0. The van der Waals surface area contributed by atoms with Gasteiger partial charge in [0.2, 0.25) is 0 Å². The van der Waals surface area contributed by atoms with Gasteiger partial charge in [-0.1, -0.05) is 0 Å². The van der Waals surface area contributed by atoms with Crippen LogP contribution in [0.15, 0.2) is 0 Å². The van der Waals surface area contributed by atoms with E-state index in [1.54, 1.807) is 0 Å². The molecular formula is C2H4N2O4. The Morgan fingerprint density at radius 1 is 1.50 bits per heavy atom. The summed E-state index contributed by atoms with van der Waals surface area (Å²) in [5.74, 6) is 0.934. The highest BCUT2D eigenvalue weighted by atomic mass is 16.6. The average Bonchev–Trinajstić information content (AvgIpc) is 1.64. The number of carboxylic acids is 1. The van der Waals surface area contributed by atoms with Gasteiger partial charge < -0.3 is 5.11 Å². The summed E-state index contributed by atoms with van der Waals surface area (Å²) in [5, 5.41) is 15.1. The summed E-state index contributed by atoms with van der Waals surface area (Å²) in [6, 6.07) is 0. The van der Waals surface area contributed by atoms with Crippen LogP contribution in [0, 0.1) is 0 Å². The molecule has 0 atom stereocenters. The predicted molar refractivity (Wildman–Crippen MR) is 20.5 cm³/mol. The largest absolute Gasteiger partial charge is 0.474 e. The van der Waals surface area contributed by atoms with Crippen molar-refractivity contribution < 1.29 is 19.9 Å². The second-order valence-corrected chi connectivity index (χ2v) is 0.955. The summed E-state index contributed by atoms with van der Waals surface area (Å²) < 4.78 is 0. The summed E-state index contributed by atoms with van der Waals surface area (Å²) in [5.41, 5.74) is 0. The molecule has 0 saturated heterocycles. The number of hydrazine groups is 1. The number of carbonyl (C=O) groups excluding carboxylic acids is 1. The highest BCUT2D eigenvalue weighted by molar-refractivity contribution is 6.30. The van der Waals surface area contributed by atoms with Crippen molar-refractivity contribution in [3.05, 3.63) is 0 Å². The first-order valence-corrected chi connectivity index (χ1v) is 1.56. The van der Waals surface area contributed by atoms with Gasteiger partial charge in [-0.2, -0.15) is 0 Å². The van der Waals surface area contributed by atoms with E-state index in [1.807, 2.05) is 0 Å². The highest BCUT2D eigenvalue weighted by Gasteiger charge is 2.14. The number of rotatable bonds is 0. The Balaban J connectivity index is 3.84. The first-order valence-electron chi connectivity index (χ1n) is 1.56. The van der Waals surface area contributed by atoms with Crippen LogP contribution < -0.4 is 5.84 Å². The molecule has 4 N–H and O–H groups in total. The van der Waals surface area contributed by atoms with Gasteiger partial charge in [0.25, 0.3) is 0 Å². The van der Waals surface area contributed by atoms with E-state index in [9.17, 15) is 9.59 Å². The van der Waals surface area contributed by atoms with Crippen molar-refractivity contribution in [1.82, 2.24) is 5.17 Å². The average molecular weight is 120 g/mol. The Morgan fingerprint density at radius 2 is 1.88 bits per heavy atom. The fourth-order valence-electron chi connectivity index (χ4n) is 0.0980. The monoisotopic (exact) mass is 120 g/mol. The van der Waals surface area contributed by atoms with Crippen molar-refractivity contribution in [2.24, 2.45) is 5.84 Å². The number of hydrogen-bond donors (Lipinski definition) is 3. The first-order chi connectivity index (χ1) is 3.55. The minimum atomic E-state index is -1.80. The molecule has 0 heterocycles. The fourth-order valence-corrected chi connectivity index (χ4v) is 0.0980. The molecule has 0 fully saturated rings. The maximum Gasteiger partial charge on any atom is 0.398 e. The van der Waals surface area contributed by atoms with Gasteiger partial charge in [0.1, 0.15) is 0 Å². The van der Waals surface area contributed by atoms with Crippen LogP contribution in [0.4, 0.5) is 0 Å². The first kappa shape index (κ1) is 6.86. The van der Waals surface area contributed by atoms with E-state index in [4.69, 9.17) is 10.3 Å². The molecule has 1 amide bonds. The zero-order valence-corrected chi connectivity index (χ0v) is 3.74. The van der Waals surface area contributed by atoms with Gasteiger partial charge in [0, 0.05) is 0 Å². The Bertz CT molecular complexity index is 119. The third kappa shape index (κ3) is 1.54. The molecule has 6 heteroatoms. The smallest absolute Gasteiger partial charge is 0.398 e. The van der Waals surface area contributed by atoms with Crippen molar-refractivity contribution in [3.63, 3.8) is 0 Å². The molecule has 0 unspecified atom stereocenters. The van der Waals surface area contributed by atoms with Gasteiger partial charge in [-0.15, -0.1) is 5.17 Å². The number of carboxylic acid groups (broad SMARTS) is 1. The van der Waals surface area contributed by atoms with Gasteiger partial charge in [-0.25, -0.2) is 10.6 Å². The van der Waals surface area contributed by atoms with Gasteiger partial charge in [-0.3, -0.25) is 10.0 Å².